The van der Waals surface area contributed by atoms with Crippen LogP contribution in [0.2, 0.25) is 0 Å². The third-order valence-electron chi connectivity index (χ3n) is 3.75. The second-order valence-electron chi connectivity index (χ2n) is 6.08. The highest BCUT2D eigenvalue weighted by Crippen LogP contribution is 2.28. The molecule has 2 amide bonds. The number of aliphatic hydroxyl groups excluding tert-OH is 1. The van der Waals surface area contributed by atoms with Gasteiger partial charge in [-0.1, -0.05) is 0 Å². The fourth-order valence-electron chi connectivity index (χ4n) is 2.33. The summed E-state index contributed by atoms with van der Waals surface area (Å²) in [4.78, 5) is 11.8. The molecule has 1 aromatic rings. The number of furan rings is 1. The Labute approximate surface area is 131 Å². The van der Waals surface area contributed by atoms with Crippen molar-refractivity contribution in [2.24, 2.45) is 5.92 Å². The Bertz CT molecular complexity index is 496. The maximum atomic E-state index is 11.8. The van der Waals surface area contributed by atoms with Gasteiger partial charge in [0, 0.05) is 18.7 Å². The molecule has 0 radical (unpaired) electrons. The highest BCUT2D eigenvalue weighted by Gasteiger charge is 2.21. The Kier molecular flexibility index (Phi) is 5.85. The molecule has 124 valence electrons. The molecule has 2 unspecified atom stereocenters. The van der Waals surface area contributed by atoms with Crippen molar-refractivity contribution in [1.82, 2.24) is 10.6 Å². The van der Waals surface area contributed by atoms with Gasteiger partial charge in [0.15, 0.2) is 0 Å². The highest BCUT2D eigenvalue weighted by atomic mass is 16.5. The lowest BCUT2D eigenvalue weighted by molar-refractivity contribution is 0.0337. The molecule has 0 saturated heterocycles. The molecular weight excluding hydrogens is 284 g/mol. The van der Waals surface area contributed by atoms with Crippen LogP contribution in [0, 0.1) is 19.8 Å². The van der Waals surface area contributed by atoms with Crippen LogP contribution in [0.5, 0.6) is 0 Å². The summed E-state index contributed by atoms with van der Waals surface area (Å²) in [5.41, 5.74) is 0.959. The van der Waals surface area contributed by atoms with Gasteiger partial charge in [0.05, 0.1) is 18.8 Å². The molecule has 1 aliphatic rings. The molecule has 0 aliphatic heterocycles. The summed E-state index contributed by atoms with van der Waals surface area (Å²) in [6.45, 7) is 6.78. The van der Waals surface area contributed by atoms with Crippen molar-refractivity contribution >= 4 is 6.03 Å². The van der Waals surface area contributed by atoms with Gasteiger partial charge in [-0.2, -0.15) is 0 Å². The van der Waals surface area contributed by atoms with Gasteiger partial charge in [0.2, 0.25) is 0 Å². The third kappa shape index (κ3) is 5.35. The number of rotatable bonds is 8. The minimum absolute atomic E-state index is 0.152. The molecule has 1 heterocycles. The highest BCUT2D eigenvalue weighted by molar-refractivity contribution is 5.74. The molecule has 1 aromatic heterocycles. The van der Waals surface area contributed by atoms with Gasteiger partial charge in [-0.25, -0.2) is 4.79 Å². The second-order valence-corrected chi connectivity index (χ2v) is 6.08. The van der Waals surface area contributed by atoms with Gasteiger partial charge in [0.1, 0.15) is 11.5 Å². The predicted octanol–water partition coefficient (Wildman–Crippen LogP) is 2.04. The van der Waals surface area contributed by atoms with Crippen LogP contribution < -0.4 is 10.6 Å². The number of aryl methyl sites for hydroxylation is 2. The summed E-state index contributed by atoms with van der Waals surface area (Å²) in [5.74, 6) is 2.30. The van der Waals surface area contributed by atoms with Crippen molar-refractivity contribution < 1.29 is 19.1 Å². The van der Waals surface area contributed by atoms with E-state index in [0.717, 1.165) is 17.1 Å². The molecule has 6 heteroatoms. The second kappa shape index (κ2) is 7.65. The average molecular weight is 310 g/mol. The SMILES string of the molecule is Cc1cc(C(C)NC(=O)NCC(O)COCC2CC2)c(C)o1. The first-order valence-electron chi connectivity index (χ1n) is 7.82. The first kappa shape index (κ1) is 16.8. The summed E-state index contributed by atoms with van der Waals surface area (Å²) in [6, 6.07) is 1.45. The van der Waals surface area contributed by atoms with E-state index < -0.39 is 6.10 Å². The summed E-state index contributed by atoms with van der Waals surface area (Å²) in [6.07, 6.45) is 1.76. The third-order valence-corrected chi connectivity index (χ3v) is 3.75. The van der Waals surface area contributed by atoms with Crippen molar-refractivity contribution in [3.05, 3.63) is 23.2 Å². The van der Waals surface area contributed by atoms with E-state index in [1.807, 2.05) is 26.8 Å². The number of urea groups is 1. The van der Waals surface area contributed by atoms with Crippen LogP contribution >= 0.6 is 0 Å². The largest absolute Gasteiger partial charge is 0.466 e. The summed E-state index contributed by atoms with van der Waals surface area (Å²) >= 11 is 0. The zero-order valence-electron chi connectivity index (χ0n) is 13.5. The van der Waals surface area contributed by atoms with Gasteiger partial charge < -0.3 is 24.9 Å². The lowest BCUT2D eigenvalue weighted by atomic mass is 10.1. The molecule has 0 spiro atoms. The lowest BCUT2D eigenvalue weighted by Gasteiger charge is -2.16. The van der Waals surface area contributed by atoms with E-state index in [9.17, 15) is 9.90 Å². The maximum absolute atomic E-state index is 11.8. The van der Waals surface area contributed by atoms with Crippen LogP contribution in [0.3, 0.4) is 0 Å². The van der Waals surface area contributed by atoms with Gasteiger partial charge in [-0.05, 0) is 45.6 Å². The van der Waals surface area contributed by atoms with E-state index in [4.69, 9.17) is 9.15 Å². The van der Waals surface area contributed by atoms with Gasteiger partial charge in [-0.15, -0.1) is 0 Å². The molecule has 6 nitrogen and oxygen atoms in total. The van der Waals surface area contributed by atoms with Crippen LogP contribution in [0.1, 0.15) is 42.9 Å². The Morgan fingerprint density at radius 2 is 2.23 bits per heavy atom. The molecule has 3 N–H and O–H groups in total. The van der Waals surface area contributed by atoms with Crippen LogP contribution in [-0.2, 0) is 4.74 Å². The Morgan fingerprint density at radius 3 is 2.82 bits per heavy atom. The van der Waals surface area contributed by atoms with Gasteiger partial charge in [-0.3, -0.25) is 0 Å². The molecule has 0 aromatic carbocycles. The minimum Gasteiger partial charge on any atom is -0.466 e. The Hall–Kier alpha value is -1.53. The van der Waals surface area contributed by atoms with E-state index in [1.165, 1.54) is 12.8 Å². The molecule has 2 atom stereocenters. The quantitative estimate of drug-likeness (QED) is 0.686. The number of hydrogen-bond donors (Lipinski definition) is 3. The van der Waals surface area contributed by atoms with Crippen LogP contribution in [0.15, 0.2) is 10.5 Å². The molecule has 1 fully saturated rings. The van der Waals surface area contributed by atoms with Crippen molar-refractivity contribution in [3.8, 4) is 0 Å². The van der Waals surface area contributed by atoms with Crippen molar-refractivity contribution in [3.63, 3.8) is 0 Å². The molecule has 1 aliphatic carbocycles. The van der Waals surface area contributed by atoms with Gasteiger partial charge >= 0.3 is 6.03 Å². The topological polar surface area (TPSA) is 83.7 Å². The number of aliphatic hydroxyl groups is 1. The van der Waals surface area contributed by atoms with Gasteiger partial charge in [0.25, 0.3) is 0 Å². The number of carbonyl (C=O) groups is 1. The van der Waals surface area contributed by atoms with Crippen molar-refractivity contribution in [1.29, 1.82) is 0 Å². The minimum atomic E-state index is -0.683. The Balaban J connectivity index is 1.64. The first-order chi connectivity index (χ1) is 10.5. The summed E-state index contributed by atoms with van der Waals surface area (Å²) < 4.78 is 10.8. The van der Waals surface area contributed by atoms with Crippen LogP contribution in [-0.4, -0.2) is 37.0 Å². The number of ether oxygens (including phenoxy) is 1. The molecule has 1 saturated carbocycles. The zero-order chi connectivity index (χ0) is 16.1. The van der Waals surface area contributed by atoms with E-state index in [2.05, 4.69) is 10.6 Å². The molecule has 2 rings (SSSR count). The van der Waals surface area contributed by atoms with E-state index >= 15 is 0 Å². The smallest absolute Gasteiger partial charge is 0.315 e. The molecule has 0 bridgehead atoms. The number of nitrogens with one attached hydrogen (secondary N) is 2. The average Bonchev–Trinajstić information content (AvgIpc) is 3.20. The number of carbonyl (C=O) groups excluding carboxylic acids is 1. The normalized spacial score (nSPS) is 17.1. The van der Waals surface area contributed by atoms with Crippen molar-refractivity contribution in [2.45, 2.75) is 45.8 Å². The predicted molar refractivity (Wildman–Crippen MR) is 82.7 cm³/mol. The fourth-order valence-corrected chi connectivity index (χ4v) is 2.33. The lowest BCUT2D eigenvalue weighted by Crippen LogP contribution is -2.41. The number of amides is 2. The maximum Gasteiger partial charge on any atom is 0.315 e. The van der Waals surface area contributed by atoms with Crippen molar-refractivity contribution in [2.75, 3.05) is 19.8 Å². The van der Waals surface area contributed by atoms with Crippen LogP contribution in [0.4, 0.5) is 4.79 Å². The summed E-state index contributed by atoms with van der Waals surface area (Å²) in [7, 11) is 0. The number of hydrogen-bond acceptors (Lipinski definition) is 4. The summed E-state index contributed by atoms with van der Waals surface area (Å²) in [5, 5.41) is 15.2. The van der Waals surface area contributed by atoms with E-state index in [0.29, 0.717) is 12.5 Å². The standard InChI is InChI=1S/C16H26N2O4/c1-10-6-15(12(3)22-10)11(2)18-16(20)17-7-14(19)9-21-8-13-4-5-13/h6,11,13-14,19H,4-5,7-9H2,1-3H3,(H2,17,18,20). The van der Waals surface area contributed by atoms with E-state index in [1.54, 1.807) is 0 Å². The van der Waals surface area contributed by atoms with Crippen LogP contribution in [0.25, 0.3) is 0 Å². The Morgan fingerprint density at radius 1 is 1.50 bits per heavy atom. The first-order valence-corrected chi connectivity index (χ1v) is 7.82. The molecule has 22 heavy (non-hydrogen) atoms. The fraction of sp³-hybridized carbons (Fsp3) is 0.688. The molecular formula is C16H26N2O4. The van der Waals surface area contributed by atoms with E-state index in [-0.39, 0.29) is 25.2 Å². The monoisotopic (exact) mass is 310 g/mol. The zero-order valence-corrected chi connectivity index (χ0v) is 13.5.